The van der Waals surface area contributed by atoms with E-state index in [2.05, 4.69) is 10.9 Å². The Bertz CT molecular complexity index is 407. The maximum absolute atomic E-state index is 11.4. The summed E-state index contributed by atoms with van der Waals surface area (Å²) in [6, 6.07) is 2.43. The summed E-state index contributed by atoms with van der Waals surface area (Å²) in [4.78, 5) is 26.0. The Kier molecular flexibility index (Phi) is 4.00. The Morgan fingerprint density at radius 2 is 1.94 bits per heavy atom. The number of ether oxygens (including phenoxy) is 1. The van der Waals surface area contributed by atoms with Crippen LogP contribution in [-0.2, 0) is 9.53 Å². The minimum Gasteiger partial charge on any atom is -0.480 e. The fourth-order valence-electron chi connectivity index (χ4n) is 1.93. The van der Waals surface area contributed by atoms with Crippen molar-refractivity contribution in [2.75, 3.05) is 0 Å². The number of carbonyl (C=O) groups is 2. The van der Waals surface area contributed by atoms with Crippen LogP contribution in [0.4, 0.5) is 4.79 Å². The molecule has 1 N–H and O–H groups in total. The Labute approximate surface area is 107 Å². The molecule has 1 aliphatic rings. The van der Waals surface area contributed by atoms with Crippen LogP contribution in [-0.4, -0.2) is 22.8 Å². The molecule has 1 aliphatic carbocycles. The molecule has 0 saturated heterocycles. The molecule has 18 heavy (non-hydrogen) atoms. The first-order valence-electron chi connectivity index (χ1n) is 6.06. The van der Waals surface area contributed by atoms with Gasteiger partial charge in [0.2, 0.25) is 0 Å². The SMILES string of the molecule is CC(C)(C)OC(=O)[N+]#CC(C(=O)O)C1(C)CCC1. The summed E-state index contributed by atoms with van der Waals surface area (Å²) in [5.41, 5.74) is -0.974. The Morgan fingerprint density at radius 1 is 1.39 bits per heavy atom. The molecular weight excluding hydrogens is 234 g/mol. The highest BCUT2D eigenvalue weighted by Crippen LogP contribution is 2.46. The van der Waals surface area contributed by atoms with Gasteiger partial charge < -0.3 is 9.84 Å². The van der Waals surface area contributed by atoms with E-state index in [1.54, 1.807) is 20.8 Å². The first-order valence-corrected chi connectivity index (χ1v) is 6.06. The topological polar surface area (TPSA) is 68.0 Å². The Morgan fingerprint density at radius 3 is 2.28 bits per heavy atom. The predicted molar refractivity (Wildman–Crippen MR) is 66.6 cm³/mol. The van der Waals surface area contributed by atoms with Crippen LogP contribution in [0.1, 0.15) is 47.0 Å². The predicted octanol–water partition coefficient (Wildman–Crippen LogP) is 3.15. The summed E-state index contributed by atoms with van der Waals surface area (Å²) in [6.07, 6.45) is 1.85. The number of hydrogen-bond donors (Lipinski definition) is 1. The maximum Gasteiger partial charge on any atom is 0.728 e. The van der Waals surface area contributed by atoms with Crippen molar-refractivity contribution in [3.05, 3.63) is 4.85 Å². The quantitative estimate of drug-likeness (QED) is 0.822. The average molecular weight is 254 g/mol. The van der Waals surface area contributed by atoms with Crippen LogP contribution in [0.25, 0.3) is 4.85 Å². The number of amides is 1. The van der Waals surface area contributed by atoms with Crippen molar-refractivity contribution in [3.63, 3.8) is 0 Å². The standard InChI is InChI=1S/C13H19NO4/c1-12(2,3)18-11(17)14-8-9(10(15)16)13(4)6-5-7-13/h9H,5-7H2,1-4H3/p+1. The normalized spacial score (nSPS) is 18.9. The van der Waals surface area contributed by atoms with Gasteiger partial charge in [0.05, 0.1) is 4.85 Å². The third kappa shape index (κ3) is 3.73. The van der Waals surface area contributed by atoms with Crippen molar-refractivity contribution in [1.29, 1.82) is 0 Å². The second-order valence-corrected chi connectivity index (χ2v) is 6.00. The molecule has 0 aromatic rings. The molecule has 0 radical (unpaired) electrons. The fourth-order valence-corrected chi connectivity index (χ4v) is 1.93. The van der Waals surface area contributed by atoms with E-state index in [1.807, 2.05) is 6.92 Å². The van der Waals surface area contributed by atoms with Crippen molar-refractivity contribution < 1.29 is 19.4 Å². The molecule has 0 aromatic carbocycles. The van der Waals surface area contributed by atoms with Gasteiger partial charge in [0.15, 0.2) is 5.92 Å². The molecule has 100 valence electrons. The maximum atomic E-state index is 11.4. The van der Waals surface area contributed by atoms with Gasteiger partial charge in [-0.3, -0.25) is 4.79 Å². The molecule has 5 heteroatoms. The van der Waals surface area contributed by atoms with Crippen LogP contribution in [0.3, 0.4) is 0 Å². The van der Waals surface area contributed by atoms with Gasteiger partial charge >= 0.3 is 18.1 Å². The molecule has 1 rings (SSSR count). The van der Waals surface area contributed by atoms with Crippen molar-refractivity contribution in [2.45, 2.75) is 52.6 Å². The second-order valence-electron chi connectivity index (χ2n) is 6.00. The summed E-state index contributed by atoms with van der Waals surface area (Å²) in [5.74, 6) is -1.84. The molecule has 1 saturated carbocycles. The van der Waals surface area contributed by atoms with Gasteiger partial charge in [0, 0.05) is 0 Å². The molecule has 1 fully saturated rings. The van der Waals surface area contributed by atoms with Gasteiger partial charge in [-0.1, -0.05) is 13.3 Å². The summed E-state index contributed by atoms with van der Waals surface area (Å²) >= 11 is 0. The average Bonchev–Trinajstić information content (AvgIpc) is 2.11. The van der Waals surface area contributed by atoms with Gasteiger partial charge in [-0.15, -0.1) is 0 Å². The van der Waals surface area contributed by atoms with E-state index in [0.717, 1.165) is 19.3 Å². The molecule has 5 nitrogen and oxygen atoms in total. The number of carboxylic acids is 1. The zero-order valence-corrected chi connectivity index (χ0v) is 11.3. The van der Waals surface area contributed by atoms with E-state index in [0.29, 0.717) is 0 Å². The molecule has 0 spiro atoms. The molecule has 0 aliphatic heterocycles. The second kappa shape index (κ2) is 4.97. The van der Waals surface area contributed by atoms with Crippen molar-refractivity contribution in [1.82, 2.24) is 0 Å². The number of aliphatic carboxylic acids is 1. The van der Waals surface area contributed by atoms with E-state index < -0.39 is 23.6 Å². The van der Waals surface area contributed by atoms with Crippen LogP contribution in [0.5, 0.6) is 0 Å². The van der Waals surface area contributed by atoms with E-state index in [-0.39, 0.29) is 5.41 Å². The largest absolute Gasteiger partial charge is 0.728 e. The van der Waals surface area contributed by atoms with E-state index in [9.17, 15) is 9.59 Å². The summed E-state index contributed by atoms with van der Waals surface area (Å²) < 4.78 is 4.97. The van der Waals surface area contributed by atoms with Crippen LogP contribution in [0.2, 0.25) is 0 Å². The van der Waals surface area contributed by atoms with Gasteiger partial charge in [-0.2, -0.15) is 4.79 Å². The van der Waals surface area contributed by atoms with Crippen LogP contribution < -0.4 is 0 Å². The van der Waals surface area contributed by atoms with E-state index >= 15 is 0 Å². The molecule has 0 heterocycles. The minimum atomic E-state index is -0.996. The lowest BCUT2D eigenvalue weighted by atomic mass is 9.63. The summed E-state index contributed by atoms with van der Waals surface area (Å²) in [5, 5.41) is 9.14. The van der Waals surface area contributed by atoms with Gasteiger partial charge in [-0.05, 0) is 39.0 Å². The van der Waals surface area contributed by atoms with Gasteiger partial charge in [0.1, 0.15) is 5.60 Å². The molecule has 0 aromatic heterocycles. The molecular formula is C13H20NO4+. The first kappa shape index (κ1) is 14.5. The molecule has 0 bridgehead atoms. The summed E-state index contributed by atoms with van der Waals surface area (Å²) in [7, 11) is 0. The monoisotopic (exact) mass is 254 g/mol. The smallest absolute Gasteiger partial charge is 0.480 e. The molecule has 1 amide bonds. The minimum absolute atomic E-state index is 0.336. The highest BCUT2D eigenvalue weighted by molar-refractivity contribution is 5.82. The van der Waals surface area contributed by atoms with Crippen molar-refractivity contribution >= 4 is 12.1 Å². The Balaban J connectivity index is 2.74. The lowest BCUT2D eigenvalue weighted by molar-refractivity contribution is -0.145. The third-order valence-corrected chi connectivity index (χ3v) is 3.12. The number of hydrogen-bond acceptors (Lipinski definition) is 3. The van der Waals surface area contributed by atoms with Gasteiger partial charge in [-0.25, -0.2) is 0 Å². The number of carboxylic acid groups (broad SMARTS) is 1. The number of carbonyl (C=O) groups excluding carboxylic acids is 1. The van der Waals surface area contributed by atoms with Crippen LogP contribution in [0, 0.1) is 17.4 Å². The van der Waals surface area contributed by atoms with E-state index in [1.165, 1.54) is 0 Å². The zero-order valence-electron chi connectivity index (χ0n) is 11.3. The highest BCUT2D eigenvalue weighted by atomic mass is 16.6. The van der Waals surface area contributed by atoms with Crippen LogP contribution in [0.15, 0.2) is 0 Å². The van der Waals surface area contributed by atoms with Gasteiger partial charge in [0.25, 0.3) is 0 Å². The zero-order chi connectivity index (χ0) is 14.0. The Hall–Kier alpha value is -1.57. The summed E-state index contributed by atoms with van der Waals surface area (Å²) in [6.45, 7) is 7.06. The number of rotatable bonds is 2. The molecule has 1 unspecified atom stereocenters. The molecule has 1 atom stereocenters. The number of nitrogens with zero attached hydrogens (tertiary/aromatic N) is 1. The van der Waals surface area contributed by atoms with Crippen molar-refractivity contribution in [2.24, 2.45) is 11.3 Å². The first-order chi connectivity index (χ1) is 8.14. The lowest BCUT2D eigenvalue weighted by Gasteiger charge is -2.38. The van der Waals surface area contributed by atoms with Crippen molar-refractivity contribution in [3.8, 4) is 6.07 Å². The fraction of sp³-hybridized carbons (Fsp3) is 0.769. The third-order valence-electron chi connectivity index (χ3n) is 3.12. The van der Waals surface area contributed by atoms with E-state index in [4.69, 9.17) is 9.84 Å². The highest BCUT2D eigenvalue weighted by Gasteiger charge is 2.47. The lowest BCUT2D eigenvalue weighted by Crippen LogP contribution is -2.38. The van der Waals surface area contributed by atoms with Crippen LogP contribution >= 0.6 is 0 Å².